The summed E-state index contributed by atoms with van der Waals surface area (Å²) in [5.41, 5.74) is 1.18. The largest absolute Gasteiger partial charge is 0.491 e. The van der Waals surface area contributed by atoms with Crippen LogP contribution in [0.1, 0.15) is 12.5 Å². The molecule has 1 aromatic rings. The third-order valence-corrected chi connectivity index (χ3v) is 3.35. The Hall–Kier alpha value is -1.56. The molecule has 0 heterocycles. The van der Waals surface area contributed by atoms with E-state index in [2.05, 4.69) is 10.6 Å². The fourth-order valence-electron chi connectivity index (χ4n) is 1.48. The predicted octanol–water partition coefficient (Wildman–Crippen LogP) is 1.44. The molecule has 20 heavy (non-hydrogen) atoms. The van der Waals surface area contributed by atoms with Crippen LogP contribution in [0.2, 0.25) is 0 Å². The molecule has 1 rings (SSSR count). The van der Waals surface area contributed by atoms with Gasteiger partial charge in [-0.1, -0.05) is 17.7 Å². The zero-order valence-corrected chi connectivity index (χ0v) is 13.0. The van der Waals surface area contributed by atoms with Gasteiger partial charge in [0.15, 0.2) is 0 Å². The molecule has 0 aliphatic heterocycles. The number of aryl methyl sites for hydroxylation is 1. The monoisotopic (exact) mass is 298 g/mol. The zero-order chi connectivity index (χ0) is 15.0. The highest BCUT2D eigenvalue weighted by Crippen LogP contribution is 2.11. The van der Waals surface area contributed by atoms with Crippen LogP contribution in [0, 0.1) is 6.92 Å². The first-order valence-electron chi connectivity index (χ1n) is 6.51. The van der Waals surface area contributed by atoms with Gasteiger partial charge in [0.1, 0.15) is 12.4 Å². The molecule has 0 aliphatic rings. The van der Waals surface area contributed by atoms with Crippen LogP contribution in [-0.2, 0) is 10.8 Å². The number of nitrogens with one attached hydrogen (secondary N) is 2. The lowest BCUT2D eigenvalue weighted by molar-refractivity contribution is 0.227. The van der Waals surface area contributed by atoms with Gasteiger partial charge in [-0.3, -0.25) is 4.21 Å². The summed E-state index contributed by atoms with van der Waals surface area (Å²) in [6.45, 7) is 4.68. The number of rotatable bonds is 7. The first kappa shape index (κ1) is 16.5. The lowest BCUT2D eigenvalue weighted by Crippen LogP contribution is -2.44. The average molecular weight is 298 g/mol. The van der Waals surface area contributed by atoms with Crippen LogP contribution in [0.5, 0.6) is 5.75 Å². The van der Waals surface area contributed by atoms with Gasteiger partial charge < -0.3 is 15.4 Å². The van der Waals surface area contributed by atoms with Gasteiger partial charge >= 0.3 is 6.03 Å². The molecule has 2 atom stereocenters. The Kier molecular flexibility index (Phi) is 7.08. The zero-order valence-electron chi connectivity index (χ0n) is 12.1. The van der Waals surface area contributed by atoms with Gasteiger partial charge in [0.2, 0.25) is 0 Å². The maximum atomic E-state index is 11.5. The number of urea groups is 1. The highest BCUT2D eigenvalue weighted by molar-refractivity contribution is 7.84. The second-order valence-electron chi connectivity index (χ2n) is 4.70. The summed E-state index contributed by atoms with van der Waals surface area (Å²) in [6, 6.07) is 7.38. The van der Waals surface area contributed by atoms with Crippen molar-refractivity contribution in [2.24, 2.45) is 0 Å². The van der Waals surface area contributed by atoms with E-state index in [1.165, 1.54) is 5.56 Å². The number of ether oxygens (including phenoxy) is 1. The van der Waals surface area contributed by atoms with Crippen molar-refractivity contribution in [3.8, 4) is 5.75 Å². The van der Waals surface area contributed by atoms with Gasteiger partial charge in [-0.25, -0.2) is 4.79 Å². The first-order chi connectivity index (χ1) is 9.47. The Labute approximate surface area is 122 Å². The highest BCUT2D eigenvalue weighted by atomic mass is 32.2. The minimum Gasteiger partial charge on any atom is -0.491 e. The molecule has 6 heteroatoms. The maximum absolute atomic E-state index is 11.5. The Balaban J connectivity index is 2.22. The Morgan fingerprint density at radius 2 is 2.00 bits per heavy atom. The smallest absolute Gasteiger partial charge is 0.315 e. The van der Waals surface area contributed by atoms with Crippen molar-refractivity contribution in [3.63, 3.8) is 0 Å². The fourth-order valence-corrected chi connectivity index (χ4v) is 1.87. The van der Waals surface area contributed by atoms with Crippen LogP contribution in [0.15, 0.2) is 24.3 Å². The van der Waals surface area contributed by atoms with Crippen molar-refractivity contribution >= 4 is 16.8 Å². The Morgan fingerprint density at radius 1 is 1.35 bits per heavy atom. The third kappa shape index (κ3) is 7.13. The van der Waals surface area contributed by atoms with E-state index in [0.717, 1.165) is 5.75 Å². The fraction of sp³-hybridized carbons (Fsp3) is 0.500. The second kappa shape index (κ2) is 8.58. The SMILES string of the molecule is Cc1ccc(OC[C@@H](C)NC(=O)NCC[S@](C)=O)cc1. The summed E-state index contributed by atoms with van der Waals surface area (Å²) in [4.78, 5) is 11.5. The van der Waals surface area contributed by atoms with Gasteiger partial charge in [-0.05, 0) is 26.0 Å². The topological polar surface area (TPSA) is 67.4 Å². The number of hydrogen-bond acceptors (Lipinski definition) is 3. The number of carbonyl (C=O) groups excluding carboxylic acids is 1. The van der Waals surface area contributed by atoms with Crippen molar-refractivity contribution in [2.45, 2.75) is 19.9 Å². The number of benzene rings is 1. The summed E-state index contributed by atoms with van der Waals surface area (Å²) in [5.74, 6) is 1.24. The second-order valence-corrected chi connectivity index (χ2v) is 6.26. The van der Waals surface area contributed by atoms with E-state index in [-0.39, 0.29) is 12.1 Å². The predicted molar refractivity (Wildman–Crippen MR) is 81.6 cm³/mol. The molecular formula is C14H22N2O3S. The van der Waals surface area contributed by atoms with E-state index in [4.69, 9.17) is 4.74 Å². The van der Waals surface area contributed by atoms with E-state index in [0.29, 0.717) is 18.9 Å². The molecule has 112 valence electrons. The molecule has 0 aromatic heterocycles. The Morgan fingerprint density at radius 3 is 2.60 bits per heavy atom. The number of hydrogen-bond donors (Lipinski definition) is 2. The van der Waals surface area contributed by atoms with Gasteiger partial charge in [0.05, 0.1) is 6.04 Å². The third-order valence-electron chi connectivity index (χ3n) is 2.57. The molecule has 0 radical (unpaired) electrons. The molecule has 5 nitrogen and oxygen atoms in total. The maximum Gasteiger partial charge on any atom is 0.315 e. The minimum absolute atomic E-state index is 0.108. The van der Waals surface area contributed by atoms with Crippen molar-refractivity contribution in [2.75, 3.05) is 25.2 Å². The Bertz CT molecular complexity index is 448. The van der Waals surface area contributed by atoms with Gasteiger partial charge in [0.25, 0.3) is 0 Å². The van der Waals surface area contributed by atoms with E-state index in [9.17, 15) is 9.00 Å². The van der Waals surface area contributed by atoms with Crippen LogP contribution in [-0.4, -0.2) is 41.4 Å². The average Bonchev–Trinajstić information content (AvgIpc) is 2.37. The molecule has 0 unspecified atom stereocenters. The quantitative estimate of drug-likeness (QED) is 0.800. The van der Waals surface area contributed by atoms with E-state index in [1.54, 1.807) is 6.26 Å². The molecule has 0 aliphatic carbocycles. The van der Waals surface area contributed by atoms with E-state index in [1.807, 2.05) is 38.1 Å². The molecule has 2 amide bonds. The van der Waals surface area contributed by atoms with Crippen LogP contribution in [0.25, 0.3) is 0 Å². The molecule has 0 fully saturated rings. The van der Waals surface area contributed by atoms with Gasteiger partial charge in [0, 0.05) is 29.4 Å². The van der Waals surface area contributed by atoms with Gasteiger partial charge in [-0.15, -0.1) is 0 Å². The van der Waals surface area contributed by atoms with Gasteiger partial charge in [-0.2, -0.15) is 0 Å². The molecular weight excluding hydrogens is 276 g/mol. The first-order valence-corrected chi connectivity index (χ1v) is 8.24. The normalized spacial score (nSPS) is 13.3. The summed E-state index contributed by atoms with van der Waals surface area (Å²) in [7, 11) is -0.892. The molecule has 2 N–H and O–H groups in total. The number of carbonyl (C=O) groups is 1. The lowest BCUT2D eigenvalue weighted by Gasteiger charge is -2.15. The van der Waals surface area contributed by atoms with Crippen LogP contribution in [0.4, 0.5) is 4.79 Å². The summed E-state index contributed by atoms with van der Waals surface area (Å²) >= 11 is 0. The van der Waals surface area contributed by atoms with Crippen LogP contribution in [0.3, 0.4) is 0 Å². The van der Waals surface area contributed by atoms with Crippen molar-refractivity contribution < 1.29 is 13.7 Å². The van der Waals surface area contributed by atoms with Crippen molar-refractivity contribution in [1.82, 2.24) is 10.6 Å². The highest BCUT2D eigenvalue weighted by Gasteiger charge is 2.07. The standard InChI is InChI=1S/C14H22N2O3S/c1-11-4-6-13(7-5-11)19-10-12(2)16-14(17)15-8-9-20(3)18/h4-7,12H,8-10H2,1-3H3,(H2,15,16,17)/t12-,20+/m1/s1. The summed E-state index contributed by atoms with van der Waals surface area (Å²) < 4.78 is 16.4. The molecule has 1 aromatic carbocycles. The molecule has 0 spiro atoms. The molecule has 0 bridgehead atoms. The summed E-state index contributed by atoms with van der Waals surface area (Å²) in [6.07, 6.45) is 1.61. The van der Waals surface area contributed by atoms with Crippen LogP contribution < -0.4 is 15.4 Å². The molecule has 0 saturated carbocycles. The van der Waals surface area contributed by atoms with Crippen molar-refractivity contribution in [3.05, 3.63) is 29.8 Å². The van der Waals surface area contributed by atoms with Crippen LogP contribution >= 0.6 is 0 Å². The molecule has 0 saturated heterocycles. The lowest BCUT2D eigenvalue weighted by atomic mass is 10.2. The minimum atomic E-state index is -0.892. The summed E-state index contributed by atoms with van der Waals surface area (Å²) in [5, 5.41) is 5.41. The van der Waals surface area contributed by atoms with E-state index < -0.39 is 10.8 Å². The number of amides is 2. The van der Waals surface area contributed by atoms with Crippen molar-refractivity contribution in [1.29, 1.82) is 0 Å². The van der Waals surface area contributed by atoms with E-state index >= 15 is 0 Å².